The first kappa shape index (κ1) is 17.4. The molecule has 1 aromatic rings. The van der Waals surface area contributed by atoms with Gasteiger partial charge in [-0.05, 0) is 13.8 Å². The maximum Gasteiger partial charge on any atom is 0.203 e. The average molecular weight is 299 g/mol. The van der Waals surface area contributed by atoms with Crippen LogP contribution in [0.25, 0.3) is 0 Å². The van der Waals surface area contributed by atoms with Crippen molar-refractivity contribution in [2.75, 3.05) is 46.4 Å². The molecule has 0 unspecified atom stereocenters. The van der Waals surface area contributed by atoms with Crippen LogP contribution in [0.5, 0.6) is 17.2 Å². The molecule has 0 aromatic heterocycles. The van der Waals surface area contributed by atoms with Crippen molar-refractivity contribution in [1.29, 1.82) is 0 Å². The Balaban J connectivity index is 2.83. The van der Waals surface area contributed by atoms with Crippen LogP contribution >= 0.6 is 0 Å². The van der Waals surface area contributed by atoms with Crippen LogP contribution in [0, 0.1) is 0 Å². The van der Waals surface area contributed by atoms with Crippen molar-refractivity contribution >= 4 is 5.69 Å². The fourth-order valence-electron chi connectivity index (χ4n) is 1.92. The fraction of sp³-hybridized carbons (Fsp3) is 0.600. The Morgan fingerprint density at radius 1 is 0.905 bits per heavy atom. The first-order valence-corrected chi connectivity index (χ1v) is 6.97. The first-order chi connectivity index (χ1) is 10.2. The van der Waals surface area contributed by atoms with E-state index in [1.54, 1.807) is 21.3 Å². The quantitative estimate of drug-likeness (QED) is 0.670. The number of benzene rings is 1. The Morgan fingerprint density at radius 3 is 1.81 bits per heavy atom. The molecule has 0 aliphatic heterocycles. The number of nitrogens with one attached hydrogen (secondary N) is 1. The van der Waals surface area contributed by atoms with Gasteiger partial charge in [-0.2, -0.15) is 0 Å². The van der Waals surface area contributed by atoms with Gasteiger partial charge in [-0.1, -0.05) is 0 Å². The van der Waals surface area contributed by atoms with Crippen molar-refractivity contribution in [1.82, 2.24) is 0 Å². The molecule has 21 heavy (non-hydrogen) atoms. The molecule has 0 saturated heterocycles. The van der Waals surface area contributed by atoms with E-state index in [-0.39, 0.29) is 6.29 Å². The van der Waals surface area contributed by atoms with Crippen LogP contribution in [0.15, 0.2) is 12.1 Å². The highest BCUT2D eigenvalue weighted by atomic mass is 16.7. The Hall–Kier alpha value is -1.66. The van der Waals surface area contributed by atoms with Crippen molar-refractivity contribution in [3.8, 4) is 17.2 Å². The van der Waals surface area contributed by atoms with E-state index in [1.165, 1.54) is 0 Å². The zero-order valence-electron chi connectivity index (χ0n) is 13.4. The Labute approximate surface area is 126 Å². The summed E-state index contributed by atoms with van der Waals surface area (Å²) in [6.07, 6.45) is -0.293. The molecular formula is C15H25NO5. The molecule has 0 heterocycles. The van der Waals surface area contributed by atoms with E-state index in [0.29, 0.717) is 37.0 Å². The van der Waals surface area contributed by atoms with Crippen molar-refractivity contribution in [3.05, 3.63) is 12.1 Å². The summed E-state index contributed by atoms with van der Waals surface area (Å²) in [6, 6.07) is 3.69. The van der Waals surface area contributed by atoms with E-state index in [0.717, 1.165) is 5.69 Å². The summed E-state index contributed by atoms with van der Waals surface area (Å²) in [4.78, 5) is 0. The first-order valence-electron chi connectivity index (χ1n) is 6.97. The minimum absolute atomic E-state index is 0.293. The number of methoxy groups -OCH3 is 3. The van der Waals surface area contributed by atoms with Crippen LogP contribution in [-0.2, 0) is 9.47 Å². The molecule has 0 amide bonds. The number of hydrogen-bond donors (Lipinski definition) is 1. The zero-order valence-corrected chi connectivity index (χ0v) is 13.4. The number of rotatable bonds is 10. The SMILES string of the molecule is CCOC(CNc1cc(OC)c(OC)c(OC)c1)OCC. The lowest BCUT2D eigenvalue weighted by molar-refractivity contribution is -0.126. The molecule has 0 radical (unpaired) electrons. The summed E-state index contributed by atoms with van der Waals surface area (Å²) in [7, 11) is 4.75. The lowest BCUT2D eigenvalue weighted by atomic mass is 10.2. The van der Waals surface area contributed by atoms with Gasteiger partial charge in [-0.25, -0.2) is 0 Å². The van der Waals surface area contributed by atoms with E-state index < -0.39 is 0 Å². The molecule has 0 aliphatic rings. The van der Waals surface area contributed by atoms with Gasteiger partial charge in [0.2, 0.25) is 5.75 Å². The van der Waals surface area contributed by atoms with Gasteiger partial charge in [-0.15, -0.1) is 0 Å². The molecule has 1 N–H and O–H groups in total. The summed E-state index contributed by atoms with van der Waals surface area (Å²) >= 11 is 0. The average Bonchev–Trinajstić information content (AvgIpc) is 2.51. The molecule has 0 aliphatic carbocycles. The summed E-state index contributed by atoms with van der Waals surface area (Å²) in [5.74, 6) is 1.77. The predicted octanol–water partition coefficient (Wildman–Crippen LogP) is 2.52. The third-order valence-electron chi connectivity index (χ3n) is 2.84. The number of hydrogen-bond acceptors (Lipinski definition) is 6. The van der Waals surface area contributed by atoms with Crippen molar-refractivity contribution in [2.45, 2.75) is 20.1 Å². The smallest absolute Gasteiger partial charge is 0.203 e. The van der Waals surface area contributed by atoms with Crippen LogP contribution in [0.1, 0.15) is 13.8 Å². The normalized spacial score (nSPS) is 10.6. The van der Waals surface area contributed by atoms with Crippen LogP contribution in [0.3, 0.4) is 0 Å². The summed E-state index contributed by atoms with van der Waals surface area (Å²) in [5.41, 5.74) is 0.842. The summed E-state index contributed by atoms with van der Waals surface area (Å²) in [5, 5.41) is 3.25. The topological polar surface area (TPSA) is 58.2 Å². The Bertz CT molecular complexity index is 394. The molecule has 0 bridgehead atoms. The van der Waals surface area contributed by atoms with Crippen molar-refractivity contribution in [2.24, 2.45) is 0 Å². The van der Waals surface area contributed by atoms with E-state index >= 15 is 0 Å². The minimum atomic E-state index is -0.293. The third-order valence-corrected chi connectivity index (χ3v) is 2.84. The second-order valence-corrected chi connectivity index (χ2v) is 4.14. The van der Waals surface area contributed by atoms with Crippen LogP contribution in [-0.4, -0.2) is 47.4 Å². The van der Waals surface area contributed by atoms with Gasteiger partial charge in [0.15, 0.2) is 17.8 Å². The van der Waals surface area contributed by atoms with Gasteiger partial charge in [0.25, 0.3) is 0 Å². The highest BCUT2D eigenvalue weighted by Gasteiger charge is 2.14. The third kappa shape index (κ3) is 4.99. The van der Waals surface area contributed by atoms with Crippen molar-refractivity contribution in [3.63, 3.8) is 0 Å². The van der Waals surface area contributed by atoms with Crippen LogP contribution < -0.4 is 19.5 Å². The molecule has 0 spiro atoms. The zero-order chi connectivity index (χ0) is 15.7. The molecule has 120 valence electrons. The monoisotopic (exact) mass is 299 g/mol. The molecule has 6 nitrogen and oxygen atoms in total. The number of anilines is 1. The molecule has 6 heteroatoms. The maximum atomic E-state index is 5.49. The van der Waals surface area contributed by atoms with E-state index in [1.807, 2.05) is 26.0 Å². The van der Waals surface area contributed by atoms with Gasteiger partial charge in [0.05, 0.1) is 27.9 Å². The fourth-order valence-corrected chi connectivity index (χ4v) is 1.92. The van der Waals surface area contributed by atoms with Gasteiger partial charge in [0, 0.05) is 31.0 Å². The van der Waals surface area contributed by atoms with E-state index in [9.17, 15) is 0 Å². The standard InChI is InChI=1S/C15H25NO5/c1-6-20-14(21-7-2)10-16-11-8-12(17-3)15(19-5)13(9-11)18-4/h8-9,14,16H,6-7,10H2,1-5H3. The van der Waals surface area contributed by atoms with E-state index in [4.69, 9.17) is 23.7 Å². The second-order valence-electron chi connectivity index (χ2n) is 4.14. The van der Waals surface area contributed by atoms with Gasteiger partial charge >= 0.3 is 0 Å². The summed E-state index contributed by atoms with van der Waals surface area (Å²) < 4.78 is 26.9. The van der Waals surface area contributed by atoms with Crippen LogP contribution in [0.2, 0.25) is 0 Å². The molecule has 0 saturated carbocycles. The van der Waals surface area contributed by atoms with Gasteiger partial charge < -0.3 is 29.0 Å². The highest BCUT2D eigenvalue weighted by Crippen LogP contribution is 2.39. The van der Waals surface area contributed by atoms with Gasteiger partial charge in [-0.3, -0.25) is 0 Å². The Morgan fingerprint density at radius 2 is 1.43 bits per heavy atom. The molecular weight excluding hydrogens is 274 g/mol. The number of ether oxygens (including phenoxy) is 5. The van der Waals surface area contributed by atoms with E-state index in [2.05, 4.69) is 5.32 Å². The lowest BCUT2D eigenvalue weighted by Crippen LogP contribution is -2.26. The summed E-state index contributed by atoms with van der Waals surface area (Å²) in [6.45, 7) is 5.60. The highest BCUT2D eigenvalue weighted by molar-refractivity contribution is 5.62. The lowest BCUT2D eigenvalue weighted by Gasteiger charge is -2.19. The molecule has 1 rings (SSSR count). The van der Waals surface area contributed by atoms with Crippen molar-refractivity contribution < 1.29 is 23.7 Å². The second kappa shape index (κ2) is 9.31. The molecule has 0 atom stereocenters. The minimum Gasteiger partial charge on any atom is -0.493 e. The molecule has 1 aromatic carbocycles. The van der Waals surface area contributed by atoms with Crippen LogP contribution in [0.4, 0.5) is 5.69 Å². The van der Waals surface area contributed by atoms with Gasteiger partial charge in [0.1, 0.15) is 0 Å². The maximum absolute atomic E-state index is 5.49. The predicted molar refractivity (Wildman–Crippen MR) is 81.6 cm³/mol. The largest absolute Gasteiger partial charge is 0.493 e. The molecule has 0 fully saturated rings. The Kier molecular flexibility index (Phi) is 7.71.